The van der Waals surface area contributed by atoms with E-state index in [0.29, 0.717) is 0 Å². The van der Waals surface area contributed by atoms with Gasteiger partial charge in [0.1, 0.15) is 0 Å². The summed E-state index contributed by atoms with van der Waals surface area (Å²) in [5.74, 6) is -1.31. The Balaban J connectivity index is 2.62. The number of benzene rings is 1. The maximum absolute atomic E-state index is 13.7. The molecule has 1 heterocycles. The molecule has 0 amide bonds. The highest BCUT2D eigenvalue weighted by Crippen LogP contribution is 2.41. The van der Waals surface area contributed by atoms with E-state index in [0.717, 1.165) is 6.07 Å². The van der Waals surface area contributed by atoms with Crippen LogP contribution in [0.3, 0.4) is 0 Å². The summed E-state index contributed by atoms with van der Waals surface area (Å²) in [7, 11) is -1.35. The molecule has 1 saturated heterocycles. The second-order valence-corrected chi connectivity index (χ2v) is 6.52. The van der Waals surface area contributed by atoms with Crippen molar-refractivity contribution in [1.82, 2.24) is 0 Å². The number of alkyl halides is 3. The van der Waals surface area contributed by atoms with Gasteiger partial charge in [0.05, 0.1) is 27.5 Å². The molecule has 0 aromatic heterocycles. The van der Waals surface area contributed by atoms with Crippen LogP contribution in [0.1, 0.15) is 33.3 Å². The first-order chi connectivity index (χ1) is 9.78. The van der Waals surface area contributed by atoms with E-state index in [9.17, 15) is 17.6 Å². The highest BCUT2D eigenvalue weighted by molar-refractivity contribution is 6.63. The first kappa shape index (κ1) is 17.4. The Hall–Kier alpha value is -0.985. The highest BCUT2D eigenvalue weighted by atomic mass is 35.5. The van der Waals surface area contributed by atoms with E-state index in [4.69, 9.17) is 26.6 Å². The van der Waals surface area contributed by atoms with Crippen LogP contribution in [0, 0.1) is 5.82 Å². The van der Waals surface area contributed by atoms with Gasteiger partial charge in [0, 0.05) is 0 Å². The van der Waals surface area contributed by atoms with Crippen molar-refractivity contribution in [1.29, 1.82) is 0 Å². The molecule has 0 aliphatic carbocycles. The summed E-state index contributed by atoms with van der Waals surface area (Å²) in [6.45, 7) is 6.76. The van der Waals surface area contributed by atoms with Crippen molar-refractivity contribution in [2.75, 3.05) is 5.73 Å². The normalized spacial score (nSPS) is 20.5. The van der Waals surface area contributed by atoms with Gasteiger partial charge in [0.2, 0.25) is 0 Å². The molecule has 2 rings (SSSR count). The van der Waals surface area contributed by atoms with Gasteiger partial charge in [-0.2, -0.15) is 13.2 Å². The number of nitrogens with two attached hydrogens (primary N) is 1. The fourth-order valence-electron chi connectivity index (χ4n) is 2.11. The van der Waals surface area contributed by atoms with Crippen LogP contribution >= 0.6 is 11.6 Å². The number of halogens is 5. The zero-order valence-corrected chi connectivity index (χ0v) is 13.2. The summed E-state index contributed by atoms with van der Waals surface area (Å²) in [6.07, 6.45) is -4.87. The van der Waals surface area contributed by atoms with Crippen molar-refractivity contribution in [2.45, 2.75) is 45.1 Å². The van der Waals surface area contributed by atoms with E-state index in [2.05, 4.69) is 0 Å². The Morgan fingerprint density at radius 2 is 1.59 bits per heavy atom. The van der Waals surface area contributed by atoms with Crippen molar-refractivity contribution < 1.29 is 26.9 Å². The molecule has 0 atom stereocenters. The molecule has 0 unspecified atom stereocenters. The lowest BCUT2D eigenvalue weighted by Gasteiger charge is -2.32. The highest BCUT2D eigenvalue weighted by Gasteiger charge is 2.54. The number of rotatable bonds is 1. The second kappa shape index (κ2) is 5.01. The predicted octanol–water partition coefficient (Wildman–Crippen LogP) is 3.38. The maximum Gasteiger partial charge on any atom is 0.495 e. The first-order valence-electron chi connectivity index (χ1n) is 6.48. The van der Waals surface area contributed by atoms with E-state index in [-0.39, 0.29) is 0 Å². The van der Waals surface area contributed by atoms with Gasteiger partial charge in [-0.1, -0.05) is 11.6 Å². The Morgan fingerprint density at radius 1 is 1.14 bits per heavy atom. The van der Waals surface area contributed by atoms with Crippen LogP contribution in [0.25, 0.3) is 0 Å². The number of hydrogen-bond acceptors (Lipinski definition) is 3. The minimum atomic E-state index is -4.87. The topological polar surface area (TPSA) is 44.5 Å². The Kier molecular flexibility index (Phi) is 3.95. The van der Waals surface area contributed by atoms with Gasteiger partial charge < -0.3 is 15.0 Å². The van der Waals surface area contributed by atoms with E-state index >= 15 is 0 Å². The monoisotopic (exact) mass is 339 g/mol. The van der Waals surface area contributed by atoms with E-state index in [1.165, 1.54) is 0 Å². The van der Waals surface area contributed by atoms with Gasteiger partial charge in [-0.25, -0.2) is 4.39 Å². The van der Waals surface area contributed by atoms with Gasteiger partial charge >= 0.3 is 13.3 Å². The smallest absolute Gasteiger partial charge is 0.399 e. The zero-order chi connectivity index (χ0) is 17.1. The van der Waals surface area contributed by atoms with Gasteiger partial charge in [0.25, 0.3) is 0 Å². The quantitative estimate of drug-likeness (QED) is 0.485. The van der Waals surface area contributed by atoms with Crippen LogP contribution in [0.4, 0.5) is 23.2 Å². The molecule has 0 saturated carbocycles. The molecule has 22 heavy (non-hydrogen) atoms. The zero-order valence-electron chi connectivity index (χ0n) is 12.4. The predicted molar refractivity (Wildman–Crippen MR) is 76.5 cm³/mol. The van der Waals surface area contributed by atoms with E-state index < -0.39 is 52.1 Å². The molecule has 1 aliphatic rings. The lowest BCUT2D eigenvalue weighted by molar-refractivity contribution is -0.136. The van der Waals surface area contributed by atoms with Gasteiger partial charge in [-0.05, 0) is 39.2 Å². The first-order valence-corrected chi connectivity index (χ1v) is 6.86. The van der Waals surface area contributed by atoms with E-state index in [1.54, 1.807) is 27.7 Å². The third kappa shape index (κ3) is 2.68. The molecule has 2 N–H and O–H groups in total. The summed E-state index contributed by atoms with van der Waals surface area (Å²) in [6, 6.07) is 0.853. The SMILES string of the molecule is CC1(C)OB(c2cc(N)c(F)c(Cl)c2C(F)(F)F)OC1(C)C. The standard InChI is InChI=1S/C13H15BClF4NO2/c1-11(2)12(3,4)22-14(21-11)6-5-7(20)10(16)9(15)8(6)13(17,18)19/h5H,20H2,1-4H3. The van der Waals surface area contributed by atoms with Crippen molar-refractivity contribution in [3.05, 3.63) is 22.5 Å². The Morgan fingerprint density at radius 3 is 2.00 bits per heavy atom. The van der Waals surface area contributed by atoms with Crippen molar-refractivity contribution in [3.8, 4) is 0 Å². The number of anilines is 1. The summed E-state index contributed by atoms with van der Waals surface area (Å²) in [5.41, 5.74) is 1.43. The van der Waals surface area contributed by atoms with Crippen LogP contribution in [-0.2, 0) is 15.5 Å². The largest absolute Gasteiger partial charge is 0.495 e. The van der Waals surface area contributed by atoms with Crippen LogP contribution in [0.2, 0.25) is 5.02 Å². The fraction of sp³-hybridized carbons (Fsp3) is 0.538. The van der Waals surface area contributed by atoms with E-state index in [1.807, 2.05) is 0 Å². The molecule has 9 heteroatoms. The Bertz CT molecular complexity index is 603. The minimum absolute atomic E-state index is 0.435. The molecular formula is C13H15BClF4NO2. The number of hydrogen-bond donors (Lipinski definition) is 1. The molecule has 122 valence electrons. The summed E-state index contributed by atoms with van der Waals surface area (Å²) in [4.78, 5) is 0. The van der Waals surface area contributed by atoms with Crippen molar-refractivity contribution in [2.24, 2.45) is 0 Å². The van der Waals surface area contributed by atoms with Crippen LogP contribution in [0.5, 0.6) is 0 Å². The van der Waals surface area contributed by atoms with Gasteiger partial charge in [-0.15, -0.1) is 0 Å². The Labute approximate surface area is 130 Å². The van der Waals surface area contributed by atoms with Gasteiger partial charge in [-0.3, -0.25) is 0 Å². The third-order valence-electron chi connectivity index (χ3n) is 4.06. The summed E-state index contributed by atoms with van der Waals surface area (Å²) in [5, 5.41) is -1.09. The lowest BCUT2D eigenvalue weighted by Crippen LogP contribution is -2.41. The minimum Gasteiger partial charge on any atom is -0.399 e. The summed E-state index contributed by atoms with van der Waals surface area (Å²) < 4.78 is 64.6. The van der Waals surface area contributed by atoms with Crippen LogP contribution in [-0.4, -0.2) is 18.3 Å². The lowest BCUT2D eigenvalue weighted by atomic mass is 9.75. The van der Waals surface area contributed by atoms with Gasteiger partial charge in [0.15, 0.2) is 5.82 Å². The molecule has 0 bridgehead atoms. The van der Waals surface area contributed by atoms with Crippen LogP contribution in [0.15, 0.2) is 6.07 Å². The van der Waals surface area contributed by atoms with Crippen molar-refractivity contribution in [3.63, 3.8) is 0 Å². The molecule has 1 fully saturated rings. The molecular weight excluding hydrogens is 324 g/mol. The average Bonchev–Trinajstić information content (AvgIpc) is 2.53. The number of nitrogen functional groups attached to an aromatic ring is 1. The molecule has 3 nitrogen and oxygen atoms in total. The molecule has 1 aliphatic heterocycles. The molecule has 0 radical (unpaired) electrons. The average molecular weight is 340 g/mol. The van der Waals surface area contributed by atoms with Crippen LogP contribution < -0.4 is 11.2 Å². The fourth-order valence-corrected chi connectivity index (χ4v) is 2.44. The molecule has 1 aromatic carbocycles. The maximum atomic E-state index is 13.7. The second-order valence-electron chi connectivity index (χ2n) is 6.14. The third-order valence-corrected chi connectivity index (χ3v) is 4.41. The molecule has 1 aromatic rings. The summed E-state index contributed by atoms with van der Waals surface area (Å²) >= 11 is 5.52. The molecule has 0 spiro atoms. The van der Waals surface area contributed by atoms with Crippen molar-refractivity contribution >= 4 is 29.9 Å².